The molecule has 128 valence electrons. The number of carbonyl (C=O) groups excluding carboxylic acids is 1. The quantitative estimate of drug-likeness (QED) is 0.553. The fourth-order valence-electron chi connectivity index (χ4n) is 2.06. The molecule has 0 fully saturated rings. The zero-order chi connectivity index (χ0) is 17.4. The van der Waals surface area contributed by atoms with Crippen LogP contribution in [0.3, 0.4) is 0 Å². The molecular weight excluding hydrogens is 322 g/mol. The van der Waals surface area contributed by atoms with E-state index in [0.717, 1.165) is 23.1 Å². The van der Waals surface area contributed by atoms with E-state index in [9.17, 15) is 4.79 Å². The summed E-state index contributed by atoms with van der Waals surface area (Å²) in [5.41, 5.74) is 1.69. The van der Waals surface area contributed by atoms with Crippen LogP contribution in [0.4, 0.5) is 0 Å². The molecule has 1 aromatic heterocycles. The molecular formula is C17H23N5OS. The number of hydrogen-bond acceptors (Lipinski definition) is 4. The van der Waals surface area contributed by atoms with E-state index in [1.807, 2.05) is 44.3 Å². The van der Waals surface area contributed by atoms with E-state index < -0.39 is 0 Å². The lowest BCUT2D eigenvalue weighted by atomic mass is 10.1. The SMILES string of the molecule is CCNC(=NCc1ccc(C(=O)NC)cc1)NCc1ncc(C)s1. The molecule has 2 aromatic rings. The molecule has 3 N–H and O–H groups in total. The summed E-state index contributed by atoms with van der Waals surface area (Å²) < 4.78 is 0. The molecule has 2 rings (SSSR count). The van der Waals surface area contributed by atoms with Gasteiger partial charge in [0.2, 0.25) is 0 Å². The minimum atomic E-state index is -0.0844. The number of nitrogens with one attached hydrogen (secondary N) is 3. The average molecular weight is 345 g/mol. The number of guanidine groups is 1. The molecule has 0 atom stereocenters. The number of hydrogen-bond donors (Lipinski definition) is 3. The number of carbonyl (C=O) groups is 1. The molecule has 7 heteroatoms. The standard InChI is InChI=1S/C17H23N5OS/c1-4-19-17(22-11-15-20-9-12(2)24-15)21-10-13-5-7-14(8-6-13)16(23)18-3/h5-9H,4,10-11H2,1-3H3,(H,18,23)(H2,19,21,22). The lowest BCUT2D eigenvalue weighted by Crippen LogP contribution is -2.36. The first kappa shape index (κ1) is 17.9. The first-order valence-corrected chi connectivity index (χ1v) is 8.68. The van der Waals surface area contributed by atoms with Crippen LogP contribution >= 0.6 is 11.3 Å². The Kier molecular flexibility index (Phi) is 6.74. The lowest BCUT2D eigenvalue weighted by molar-refractivity contribution is 0.0963. The largest absolute Gasteiger partial charge is 0.357 e. The van der Waals surface area contributed by atoms with Crippen molar-refractivity contribution < 1.29 is 4.79 Å². The van der Waals surface area contributed by atoms with Gasteiger partial charge in [-0.25, -0.2) is 9.98 Å². The molecule has 0 aliphatic heterocycles. The van der Waals surface area contributed by atoms with Gasteiger partial charge in [0, 0.05) is 30.2 Å². The van der Waals surface area contributed by atoms with Crippen molar-refractivity contribution in [3.05, 3.63) is 51.5 Å². The van der Waals surface area contributed by atoms with Crippen molar-refractivity contribution in [2.24, 2.45) is 4.99 Å². The third-order valence-corrected chi connectivity index (χ3v) is 4.20. The summed E-state index contributed by atoms with van der Waals surface area (Å²) in [7, 11) is 1.62. The van der Waals surface area contributed by atoms with Crippen LogP contribution in [-0.2, 0) is 13.1 Å². The third kappa shape index (κ3) is 5.34. The predicted molar refractivity (Wildman–Crippen MR) is 98.3 cm³/mol. The van der Waals surface area contributed by atoms with Gasteiger partial charge in [0.05, 0.1) is 13.1 Å². The van der Waals surface area contributed by atoms with Crippen LogP contribution in [0.15, 0.2) is 35.5 Å². The molecule has 24 heavy (non-hydrogen) atoms. The Labute approximate surface area is 146 Å². The van der Waals surface area contributed by atoms with Gasteiger partial charge in [-0.05, 0) is 31.5 Å². The zero-order valence-corrected chi connectivity index (χ0v) is 15.0. The first-order valence-electron chi connectivity index (χ1n) is 7.87. The van der Waals surface area contributed by atoms with Crippen molar-refractivity contribution in [2.75, 3.05) is 13.6 Å². The summed E-state index contributed by atoms with van der Waals surface area (Å²) in [5, 5.41) is 10.1. The molecule has 0 bridgehead atoms. The molecule has 0 saturated heterocycles. The van der Waals surface area contributed by atoms with Gasteiger partial charge in [-0.15, -0.1) is 11.3 Å². The molecule has 0 saturated carbocycles. The van der Waals surface area contributed by atoms with E-state index in [0.29, 0.717) is 18.7 Å². The Hall–Kier alpha value is -2.41. The van der Waals surface area contributed by atoms with E-state index in [2.05, 4.69) is 25.9 Å². The maximum atomic E-state index is 11.5. The second kappa shape index (κ2) is 9.02. The molecule has 0 radical (unpaired) electrons. The maximum Gasteiger partial charge on any atom is 0.251 e. The lowest BCUT2D eigenvalue weighted by Gasteiger charge is -2.10. The summed E-state index contributed by atoms with van der Waals surface area (Å²) >= 11 is 1.67. The summed E-state index contributed by atoms with van der Waals surface area (Å²) in [6.07, 6.45) is 1.87. The molecule has 1 heterocycles. The van der Waals surface area contributed by atoms with Gasteiger partial charge >= 0.3 is 0 Å². The van der Waals surface area contributed by atoms with Crippen LogP contribution in [0, 0.1) is 6.92 Å². The number of aliphatic imine (C=N–C) groups is 1. The molecule has 0 aliphatic carbocycles. The van der Waals surface area contributed by atoms with Gasteiger partial charge in [0.15, 0.2) is 5.96 Å². The van der Waals surface area contributed by atoms with Crippen LogP contribution in [0.1, 0.15) is 32.7 Å². The van der Waals surface area contributed by atoms with Crippen molar-refractivity contribution >= 4 is 23.2 Å². The topological polar surface area (TPSA) is 78.4 Å². The van der Waals surface area contributed by atoms with Crippen molar-refractivity contribution in [3.63, 3.8) is 0 Å². The Morgan fingerprint density at radius 2 is 2.00 bits per heavy atom. The van der Waals surface area contributed by atoms with E-state index in [1.54, 1.807) is 18.4 Å². The summed E-state index contributed by atoms with van der Waals surface area (Å²) in [5.74, 6) is 0.666. The number of aromatic nitrogens is 1. The van der Waals surface area contributed by atoms with Crippen LogP contribution in [0.2, 0.25) is 0 Å². The molecule has 0 spiro atoms. The van der Waals surface area contributed by atoms with E-state index in [4.69, 9.17) is 0 Å². The van der Waals surface area contributed by atoms with Gasteiger partial charge in [0.25, 0.3) is 5.91 Å². The monoisotopic (exact) mass is 345 g/mol. The van der Waals surface area contributed by atoms with E-state index in [-0.39, 0.29) is 5.91 Å². The number of rotatable bonds is 6. The fraction of sp³-hybridized carbons (Fsp3) is 0.353. The predicted octanol–water partition coefficient (Wildman–Crippen LogP) is 2.07. The molecule has 1 aromatic carbocycles. The van der Waals surface area contributed by atoms with E-state index >= 15 is 0 Å². The normalized spacial score (nSPS) is 11.2. The number of thiazole rings is 1. The van der Waals surface area contributed by atoms with Gasteiger partial charge in [-0.3, -0.25) is 4.79 Å². The third-order valence-electron chi connectivity index (χ3n) is 3.28. The maximum absolute atomic E-state index is 11.5. The Morgan fingerprint density at radius 1 is 1.25 bits per heavy atom. The minimum absolute atomic E-state index is 0.0844. The van der Waals surface area contributed by atoms with Crippen LogP contribution in [0.5, 0.6) is 0 Å². The number of aryl methyl sites for hydroxylation is 1. The summed E-state index contributed by atoms with van der Waals surface area (Å²) in [4.78, 5) is 21.6. The van der Waals surface area contributed by atoms with Crippen LogP contribution < -0.4 is 16.0 Å². The van der Waals surface area contributed by atoms with Crippen molar-refractivity contribution in [3.8, 4) is 0 Å². The van der Waals surface area contributed by atoms with Gasteiger partial charge < -0.3 is 16.0 Å². The number of nitrogens with zero attached hydrogens (tertiary/aromatic N) is 2. The highest BCUT2D eigenvalue weighted by Gasteiger charge is 2.03. The molecule has 0 unspecified atom stereocenters. The van der Waals surface area contributed by atoms with Crippen molar-refractivity contribution in [1.29, 1.82) is 0 Å². The van der Waals surface area contributed by atoms with E-state index in [1.165, 1.54) is 4.88 Å². The summed E-state index contributed by atoms with van der Waals surface area (Å²) in [6, 6.07) is 7.45. The van der Waals surface area contributed by atoms with Gasteiger partial charge in [0.1, 0.15) is 5.01 Å². The average Bonchev–Trinajstić information content (AvgIpc) is 3.02. The van der Waals surface area contributed by atoms with Gasteiger partial charge in [-0.2, -0.15) is 0 Å². The molecule has 0 aliphatic rings. The molecule has 1 amide bonds. The van der Waals surface area contributed by atoms with Crippen LogP contribution in [0.25, 0.3) is 0 Å². The Balaban J connectivity index is 1.95. The Morgan fingerprint density at radius 3 is 2.58 bits per heavy atom. The molecule has 6 nitrogen and oxygen atoms in total. The van der Waals surface area contributed by atoms with Crippen molar-refractivity contribution in [1.82, 2.24) is 20.9 Å². The van der Waals surface area contributed by atoms with Crippen molar-refractivity contribution in [2.45, 2.75) is 26.9 Å². The van der Waals surface area contributed by atoms with Gasteiger partial charge in [-0.1, -0.05) is 12.1 Å². The highest BCUT2D eigenvalue weighted by atomic mass is 32.1. The number of benzene rings is 1. The van der Waals surface area contributed by atoms with Crippen LogP contribution in [-0.4, -0.2) is 30.4 Å². The second-order valence-corrected chi connectivity index (χ2v) is 6.51. The fourth-order valence-corrected chi connectivity index (χ4v) is 2.79. The Bertz CT molecular complexity index is 693. The minimum Gasteiger partial charge on any atom is -0.357 e. The highest BCUT2D eigenvalue weighted by Crippen LogP contribution is 2.10. The second-order valence-electron chi connectivity index (χ2n) is 5.19. The smallest absolute Gasteiger partial charge is 0.251 e. The number of amides is 1. The highest BCUT2D eigenvalue weighted by molar-refractivity contribution is 7.11. The first-order chi connectivity index (χ1) is 11.6. The summed E-state index contributed by atoms with van der Waals surface area (Å²) in [6.45, 7) is 6.06. The zero-order valence-electron chi connectivity index (χ0n) is 14.2.